The van der Waals surface area contributed by atoms with E-state index in [0.717, 1.165) is 10.6 Å². The lowest BCUT2D eigenvalue weighted by Crippen LogP contribution is -2.52. The Morgan fingerprint density at radius 1 is 1.13 bits per heavy atom. The number of hydrogen-bond acceptors (Lipinski definition) is 4. The summed E-state index contributed by atoms with van der Waals surface area (Å²) in [6, 6.07) is 10.4. The van der Waals surface area contributed by atoms with E-state index in [0.29, 0.717) is 10.7 Å². The number of anilines is 1. The lowest BCUT2D eigenvalue weighted by Gasteiger charge is -2.31. The van der Waals surface area contributed by atoms with Gasteiger partial charge in [0.25, 0.3) is 5.91 Å². The zero-order valence-corrected chi connectivity index (χ0v) is 12.8. The van der Waals surface area contributed by atoms with Gasteiger partial charge in [-0.15, -0.1) is 0 Å². The SMILES string of the molecule is O=C1CN(c2cccc(Cl)c2)C(=O)CN1/N=C/c1cccnc1. The van der Waals surface area contributed by atoms with Crippen molar-refractivity contribution in [2.24, 2.45) is 5.10 Å². The molecule has 0 spiro atoms. The van der Waals surface area contributed by atoms with Crippen molar-refractivity contribution < 1.29 is 9.59 Å². The van der Waals surface area contributed by atoms with E-state index in [1.165, 1.54) is 11.1 Å². The molecule has 0 unspecified atom stereocenters. The Morgan fingerprint density at radius 3 is 2.74 bits per heavy atom. The number of pyridine rings is 1. The van der Waals surface area contributed by atoms with Gasteiger partial charge in [-0.3, -0.25) is 14.6 Å². The highest BCUT2D eigenvalue weighted by molar-refractivity contribution is 6.31. The third-order valence-corrected chi connectivity index (χ3v) is 3.55. The fourth-order valence-electron chi connectivity index (χ4n) is 2.18. The molecule has 1 aliphatic heterocycles. The molecule has 2 amide bonds. The molecule has 7 heteroatoms. The predicted molar refractivity (Wildman–Crippen MR) is 87.3 cm³/mol. The highest BCUT2D eigenvalue weighted by Gasteiger charge is 2.30. The number of piperazine rings is 1. The Morgan fingerprint density at radius 2 is 2.00 bits per heavy atom. The van der Waals surface area contributed by atoms with E-state index in [1.807, 2.05) is 6.07 Å². The first-order valence-corrected chi connectivity index (χ1v) is 7.31. The average molecular weight is 329 g/mol. The van der Waals surface area contributed by atoms with Crippen molar-refractivity contribution in [2.45, 2.75) is 0 Å². The van der Waals surface area contributed by atoms with Gasteiger partial charge in [-0.05, 0) is 24.3 Å². The molecule has 0 bridgehead atoms. The topological polar surface area (TPSA) is 65.9 Å². The number of halogens is 1. The Balaban J connectivity index is 1.74. The minimum absolute atomic E-state index is 0.0659. The van der Waals surface area contributed by atoms with Crippen LogP contribution in [0.3, 0.4) is 0 Å². The lowest BCUT2D eigenvalue weighted by atomic mass is 10.2. The maximum atomic E-state index is 12.3. The van der Waals surface area contributed by atoms with E-state index in [1.54, 1.807) is 42.7 Å². The molecule has 2 aromatic rings. The molecule has 6 nitrogen and oxygen atoms in total. The number of amides is 2. The minimum atomic E-state index is -0.260. The van der Waals surface area contributed by atoms with Crippen molar-refractivity contribution in [1.82, 2.24) is 9.99 Å². The van der Waals surface area contributed by atoms with Crippen LogP contribution in [-0.4, -0.2) is 41.1 Å². The van der Waals surface area contributed by atoms with E-state index in [4.69, 9.17) is 11.6 Å². The first-order chi connectivity index (χ1) is 11.1. The summed E-state index contributed by atoms with van der Waals surface area (Å²) in [4.78, 5) is 29.8. The lowest BCUT2D eigenvalue weighted by molar-refractivity contribution is -0.138. The molecule has 1 aromatic heterocycles. The summed E-state index contributed by atoms with van der Waals surface area (Å²) in [5, 5.41) is 5.75. The van der Waals surface area contributed by atoms with Crippen molar-refractivity contribution in [3.63, 3.8) is 0 Å². The van der Waals surface area contributed by atoms with Crippen molar-refractivity contribution in [3.8, 4) is 0 Å². The van der Waals surface area contributed by atoms with Gasteiger partial charge in [0.1, 0.15) is 13.1 Å². The van der Waals surface area contributed by atoms with Crippen LogP contribution in [0.1, 0.15) is 5.56 Å². The van der Waals surface area contributed by atoms with Crippen LogP contribution >= 0.6 is 11.6 Å². The molecular formula is C16H13ClN4O2. The summed E-state index contributed by atoms with van der Waals surface area (Å²) in [6.07, 6.45) is 4.78. The standard InChI is InChI=1S/C16H13ClN4O2/c17-13-4-1-5-14(7-13)20-10-16(23)21(11-15(20)22)19-9-12-3-2-6-18-8-12/h1-9H,10-11H2/b19-9+. The number of nitrogens with zero attached hydrogens (tertiary/aromatic N) is 4. The molecule has 1 aliphatic rings. The predicted octanol–water partition coefficient (Wildman–Crippen LogP) is 1.94. The van der Waals surface area contributed by atoms with Crippen LogP contribution in [0.2, 0.25) is 5.02 Å². The van der Waals surface area contributed by atoms with Gasteiger partial charge < -0.3 is 4.90 Å². The fraction of sp³-hybridized carbons (Fsp3) is 0.125. The van der Waals surface area contributed by atoms with E-state index in [-0.39, 0.29) is 24.9 Å². The molecule has 1 saturated heterocycles. The van der Waals surface area contributed by atoms with Crippen LogP contribution in [-0.2, 0) is 9.59 Å². The molecule has 2 heterocycles. The van der Waals surface area contributed by atoms with Crippen molar-refractivity contribution in [3.05, 3.63) is 59.4 Å². The first kappa shape index (κ1) is 15.2. The number of aromatic nitrogens is 1. The van der Waals surface area contributed by atoms with Crippen molar-refractivity contribution in [1.29, 1.82) is 0 Å². The van der Waals surface area contributed by atoms with Gasteiger partial charge in [0.2, 0.25) is 5.91 Å². The Labute approximate surface area is 138 Å². The second-order valence-electron chi connectivity index (χ2n) is 4.94. The fourth-order valence-corrected chi connectivity index (χ4v) is 2.36. The van der Waals surface area contributed by atoms with Crippen LogP contribution in [0.5, 0.6) is 0 Å². The molecule has 0 saturated carbocycles. The summed E-state index contributed by atoms with van der Waals surface area (Å²) >= 11 is 5.93. The summed E-state index contributed by atoms with van der Waals surface area (Å²) < 4.78 is 0. The smallest absolute Gasteiger partial charge is 0.263 e. The number of hydrazone groups is 1. The van der Waals surface area contributed by atoms with Crippen LogP contribution in [0, 0.1) is 0 Å². The molecule has 1 aromatic carbocycles. The maximum absolute atomic E-state index is 12.3. The second kappa shape index (κ2) is 6.58. The quantitative estimate of drug-likeness (QED) is 0.809. The van der Waals surface area contributed by atoms with Crippen LogP contribution in [0.4, 0.5) is 5.69 Å². The van der Waals surface area contributed by atoms with Crippen molar-refractivity contribution >= 4 is 35.3 Å². The molecule has 0 aliphatic carbocycles. The third-order valence-electron chi connectivity index (χ3n) is 3.32. The van der Waals surface area contributed by atoms with E-state index >= 15 is 0 Å². The van der Waals surface area contributed by atoms with Crippen LogP contribution in [0.25, 0.3) is 0 Å². The van der Waals surface area contributed by atoms with Crippen LogP contribution < -0.4 is 4.90 Å². The summed E-state index contributed by atoms with van der Waals surface area (Å²) in [5.74, 6) is -0.472. The van der Waals surface area contributed by atoms with Crippen molar-refractivity contribution in [2.75, 3.05) is 18.0 Å². The number of rotatable bonds is 3. The molecule has 0 N–H and O–H groups in total. The third kappa shape index (κ3) is 3.54. The molecule has 23 heavy (non-hydrogen) atoms. The Hall–Kier alpha value is -2.73. The second-order valence-corrected chi connectivity index (χ2v) is 5.38. The maximum Gasteiger partial charge on any atom is 0.263 e. The monoisotopic (exact) mass is 328 g/mol. The minimum Gasteiger partial charge on any atom is -0.301 e. The highest BCUT2D eigenvalue weighted by atomic mass is 35.5. The number of carbonyl (C=O) groups is 2. The summed E-state index contributed by atoms with van der Waals surface area (Å²) in [5.41, 5.74) is 1.36. The normalized spacial score (nSPS) is 15.5. The number of carbonyl (C=O) groups excluding carboxylic acids is 2. The molecule has 0 radical (unpaired) electrons. The zero-order valence-electron chi connectivity index (χ0n) is 12.1. The Kier molecular flexibility index (Phi) is 4.34. The van der Waals surface area contributed by atoms with Gasteiger partial charge in [-0.2, -0.15) is 5.10 Å². The van der Waals surface area contributed by atoms with Gasteiger partial charge in [0.05, 0.1) is 6.21 Å². The molecular weight excluding hydrogens is 316 g/mol. The first-order valence-electron chi connectivity index (χ1n) is 6.94. The van der Waals surface area contributed by atoms with E-state index in [2.05, 4.69) is 10.1 Å². The molecule has 0 atom stereocenters. The van der Waals surface area contributed by atoms with Crippen LogP contribution in [0.15, 0.2) is 53.9 Å². The molecule has 3 rings (SSSR count). The van der Waals surface area contributed by atoms with Gasteiger partial charge >= 0.3 is 0 Å². The average Bonchev–Trinajstić information content (AvgIpc) is 2.56. The zero-order chi connectivity index (χ0) is 16.2. The van der Waals surface area contributed by atoms with E-state index in [9.17, 15) is 9.59 Å². The molecule has 116 valence electrons. The van der Waals surface area contributed by atoms with Gasteiger partial charge in [-0.25, -0.2) is 5.01 Å². The summed E-state index contributed by atoms with van der Waals surface area (Å²) in [7, 11) is 0. The van der Waals surface area contributed by atoms with Gasteiger partial charge in [0, 0.05) is 28.7 Å². The number of benzene rings is 1. The molecule has 1 fully saturated rings. The number of hydrogen-bond donors (Lipinski definition) is 0. The Bertz CT molecular complexity index is 764. The van der Waals surface area contributed by atoms with E-state index < -0.39 is 0 Å². The summed E-state index contributed by atoms with van der Waals surface area (Å²) in [6.45, 7) is -0.175. The largest absolute Gasteiger partial charge is 0.301 e. The van der Waals surface area contributed by atoms with Gasteiger partial charge in [-0.1, -0.05) is 23.7 Å². The van der Waals surface area contributed by atoms with Gasteiger partial charge in [0.15, 0.2) is 0 Å². The highest BCUT2D eigenvalue weighted by Crippen LogP contribution is 2.21.